The minimum absolute atomic E-state index is 0.304. The molecule has 0 aromatic rings. The molecule has 2 nitrogen and oxygen atoms in total. The van der Waals surface area contributed by atoms with Crippen LogP contribution in [0.1, 0.15) is 73.6 Å². The molecule has 1 N–H and O–H groups in total. The van der Waals surface area contributed by atoms with Crippen LogP contribution >= 0.6 is 0 Å². The van der Waals surface area contributed by atoms with Gasteiger partial charge < -0.3 is 10.2 Å². The molecule has 3 atom stereocenters. The molecule has 2 saturated heterocycles. The number of piperidine rings is 1. The lowest BCUT2D eigenvalue weighted by atomic mass is 9.62. The van der Waals surface area contributed by atoms with Crippen molar-refractivity contribution in [2.24, 2.45) is 23.2 Å². The number of hydrogen-bond acceptors (Lipinski definition) is 2. The summed E-state index contributed by atoms with van der Waals surface area (Å²) in [7, 11) is 0. The van der Waals surface area contributed by atoms with Gasteiger partial charge in [0.2, 0.25) is 0 Å². The third-order valence-corrected chi connectivity index (χ3v) is 6.15. The van der Waals surface area contributed by atoms with Gasteiger partial charge in [-0.25, -0.2) is 0 Å². The van der Waals surface area contributed by atoms with Gasteiger partial charge in [0.25, 0.3) is 0 Å². The van der Waals surface area contributed by atoms with Crippen molar-refractivity contribution in [1.29, 1.82) is 0 Å². The van der Waals surface area contributed by atoms with E-state index in [0.717, 1.165) is 17.8 Å². The van der Waals surface area contributed by atoms with Gasteiger partial charge in [0.15, 0.2) is 0 Å². The number of likely N-dealkylation sites (tertiary alicyclic amines) is 1. The largest absolute Gasteiger partial charge is 0.311 e. The summed E-state index contributed by atoms with van der Waals surface area (Å²) in [5.41, 5.74) is 0.758. The molecule has 3 unspecified atom stereocenters. The van der Waals surface area contributed by atoms with E-state index in [0.29, 0.717) is 11.0 Å². The normalized spacial score (nSPS) is 34.9. The van der Waals surface area contributed by atoms with Crippen LogP contribution in [-0.4, -0.2) is 36.6 Å². The molecule has 0 aromatic carbocycles. The first-order valence-electron chi connectivity index (χ1n) is 9.72. The maximum absolute atomic E-state index is 3.86. The molecule has 22 heavy (non-hydrogen) atoms. The number of unbranched alkanes of at least 4 members (excludes halogenated alkanes) is 3. The van der Waals surface area contributed by atoms with Gasteiger partial charge in [-0.2, -0.15) is 0 Å². The van der Waals surface area contributed by atoms with E-state index >= 15 is 0 Å². The summed E-state index contributed by atoms with van der Waals surface area (Å²) >= 11 is 0. The molecule has 0 aromatic heterocycles. The van der Waals surface area contributed by atoms with Crippen molar-refractivity contribution >= 4 is 0 Å². The Hall–Kier alpha value is -0.0800. The smallest absolute Gasteiger partial charge is 0.0127 e. The van der Waals surface area contributed by atoms with Crippen LogP contribution in [0.5, 0.6) is 0 Å². The average molecular weight is 309 g/mol. The summed E-state index contributed by atoms with van der Waals surface area (Å²) in [5.74, 6) is 2.52. The Bertz CT molecular complexity index is 348. The van der Waals surface area contributed by atoms with Crippen LogP contribution in [0.15, 0.2) is 0 Å². The van der Waals surface area contributed by atoms with Gasteiger partial charge in [0.05, 0.1) is 0 Å². The summed E-state index contributed by atoms with van der Waals surface area (Å²) in [4.78, 5) is 2.77. The predicted octanol–water partition coefficient (Wildman–Crippen LogP) is 4.55. The highest BCUT2D eigenvalue weighted by Crippen LogP contribution is 2.46. The molecule has 0 amide bonds. The number of nitrogens with zero attached hydrogens (tertiary/aromatic N) is 1. The second kappa shape index (κ2) is 7.21. The number of hydrogen-bond donors (Lipinski definition) is 1. The standard InChI is InChI=1S/C20H40N2/c1-7-8-9-10-11-22-14-17-13-21-20(5,6)12-16(2)18(17)19(3,4)15-22/h16-18,21H,7-15H2,1-6H3. The van der Waals surface area contributed by atoms with Crippen molar-refractivity contribution in [2.45, 2.75) is 79.2 Å². The Morgan fingerprint density at radius 1 is 1.09 bits per heavy atom. The van der Waals surface area contributed by atoms with Gasteiger partial charge in [-0.15, -0.1) is 0 Å². The quantitative estimate of drug-likeness (QED) is 0.750. The Kier molecular flexibility index (Phi) is 5.99. The fourth-order valence-electron chi connectivity index (χ4n) is 5.60. The number of fused-ring (bicyclic) bond motifs is 1. The zero-order valence-electron chi connectivity index (χ0n) is 16.0. The molecule has 0 spiro atoms. The molecule has 2 aliphatic heterocycles. The van der Waals surface area contributed by atoms with E-state index in [9.17, 15) is 0 Å². The zero-order chi connectivity index (χ0) is 16.4. The summed E-state index contributed by atoms with van der Waals surface area (Å²) < 4.78 is 0. The SMILES string of the molecule is CCCCCCN1CC2CNC(C)(C)CC(C)C2C(C)(C)C1. The Morgan fingerprint density at radius 3 is 2.50 bits per heavy atom. The van der Waals surface area contributed by atoms with Crippen LogP contribution < -0.4 is 5.32 Å². The van der Waals surface area contributed by atoms with Crippen molar-refractivity contribution in [1.82, 2.24) is 10.2 Å². The highest BCUT2D eigenvalue weighted by molar-refractivity contribution is 5.00. The van der Waals surface area contributed by atoms with E-state index in [1.54, 1.807) is 0 Å². The van der Waals surface area contributed by atoms with E-state index in [1.165, 1.54) is 58.3 Å². The van der Waals surface area contributed by atoms with Crippen LogP contribution in [-0.2, 0) is 0 Å². The first kappa shape index (κ1) is 18.3. The van der Waals surface area contributed by atoms with Gasteiger partial charge in [-0.1, -0.05) is 47.0 Å². The van der Waals surface area contributed by atoms with Crippen molar-refractivity contribution in [2.75, 3.05) is 26.2 Å². The summed E-state index contributed by atoms with van der Waals surface area (Å²) in [6.07, 6.45) is 6.84. The van der Waals surface area contributed by atoms with Crippen LogP contribution in [0.2, 0.25) is 0 Å². The molecule has 2 fully saturated rings. The molecule has 2 rings (SSSR count). The Labute approximate surface area is 139 Å². The monoisotopic (exact) mass is 308 g/mol. The van der Waals surface area contributed by atoms with Crippen LogP contribution in [0.4, 0.5) is 0 Å². The minimum Gasteiger partial charge on any atom is -0.311 e. The third kappa shape index (κ3) is 4.47. The van der Waals surface area contributed by atoms with E-state index in [1.807, 2.05) is 0 Å². The second-order valence-corrected chi connectivity index (χ2v) is 9.52. The van der Waals surface area contributed by atoms with Crippen molar-refractivity contribution < 1.29 is 0 Å². The van der Waals surface area contributed by atoms with Crippen molar-refractivity contribution in [3.05, 3.63) is 0 Å². The van der Waals surface area contributed by atoms with Gasteiger partial charge in [0.1, 0.15) is 0 Å². The lowest BCUT2D eigenvalue weighted by Crippen LogP contribution is -2.54. The topological polar surface area (TPSA) is 15.3 Å². The van der Waals surface area contributed by atoms with Gasteiger partial charge in [-0.3, -0.25) is 0 Å². The lowest BCUT2D eigenvalue weighted by Gasteiger charge is -2.51. The molecule has 0 saturated carbocycles. The van der Waals surface area contributed by atoms with E-state index in [4.69, 9.17) is 0 Å². The molecule has 2 heterocycles. The van der Waals surface area contributed by atoms with E-state index in [-0.39, 0.29) is 0 Å². The minimum atomic E-state index is 0.304. The van der Waals surface area contributed by atoms with Gasteiger partial charge in [-0.05, 0) is 62.9 Å². The van der Waals surface area contributed by atoms with Crippen molar-refractivity contribution in [3.8, 4) is 0 Å². The zero-order valence-corrected chi connectivity index (χ0v) is 16.0. The fourth-order valence-corrected chi connectivity index (χ4v) is 5.60. The molecule has 0 aliphatic carbocycles. The van der Waals surface area contributed by atoms with E-state index in [2.05, 4.69) is 51.8 Å². The second-order valence-electron chi connectivity index (χ2n) is 9.52. The highest BCUT2D eigenvalue weighted by atomic mass is 15.2. The molecular weight excluding hydrogens is 268 g/mol. The number of nitrogens with one attached hydrogen (secondary N) is 1. The third-order valence-electron chi connectivity index (χ3n) is 6.15. The molecule has 2 aliphatic rings. The number of rotatable bonds is 5. The van der Waals surface area contributed by atoms with E-state index < -0.39 is 0 Å². The molecular formula is C20H40N2. The Balaban J connectivity index is 2.01. The maximum atomic E-state index is 3.86. The van der Waals surface area contributed by atoms with Crippen LogP contribution in [0, 0.1) is 23.2 Å². The van der Waals surface area contributed by atoms with Crippen LogP contribution in [0.3, 0.4) is 0 Å². The highest BCUT2D eigenvalue weighted by Gasteiger charge is 2.47. The van der Waals surface area contributed by atoms with Gasteiger partial charge >= 0.3 is 0 Å². The van der Waals surface area contributed by atoms with Crippen molar-refractivity contribution in [3.63, 3.8) is 0 Å². The molecule has 130 valence electrons. The first-order chi connectivity index (χ1) is 10.2. The predicted molar refractivity (Wildman–Crippen MR) is 97.2 cm³/mol. The summed E-state index contributed by atoms with van der Waals surface area (Å²) in [6, 6.07) is 0. The fraction of sp³-hybridized carbons (Fsp3) is 1.00. The average Bonchev–Trinajstić information content (AvgIpc) is 2.50. The van der Waals surface area contributed by atoms with Gasteiger partial charge in [0, 0.05) is 18.6 Å². The molecule has 0 radical (unpaired) electrons. The van der Waals surface area contributed by atoms with Crippen LogP contribution in [0.25, 0.3) is 0 Å². The summed E-state index contributed by atoms with van der Waals surface area (Å²) in [5, 5.41) is 3.86. The summed E-state index contributed by atoms with van der Waals surface area (Å²) in [6.45, 7) is 19.8. The molecule has 0 bridgehead atoms. The maximum Gasteiger partial charge on any atom is 0.0127 e. The molecule has 2 heteroatoms. The first-order valence-corrected chi connectivity index (χ1v) is 9.72. The lowest BCUT2D eigenvalue weighted by molar-refractivity contribution is -0.0180. The Morgan fingerprint density at radius 2 is 1.82 bits per heavy atom.